The molecule has 4 heteroatoms. The van der Waals surface area contributed by atoms with Crippen LogP contribution in [-0.4, -0.2) is 43.8 Å². The van der Waals surface area contributed by atoms with Crippen molar-refractivity contribution in [1.29, 1.82) is 0 Å². The second kappa shape index (κ2) is 8.48. The first-order valence-electron chi connectivity index (χ1n) is 9.65. The third-order valence-corrected chi connectivity index (χ3v) is 6.19. The smallest absolute Gasteiger partial charge is 0.0877 e. The summed E-state index contributed by atoms with van der Waals surface area (Å²) in [6, 6.07) is 0. The van der Waals surface area contributed by atoms with E-state index in [4.69, 9.17) is 0 Å². The van der Waals surface area contributed by atoms with Crippen molar-refractivity contribution in [3.05, 3.63) is 0 Å². The van der Waals surface area contributed by atoms with Crippen LogP contribution in [0.1, 0.15) is 80.1 Å². The SMILES string of the molecule is CC(C)C1CCC(C)(O)C(O)C1.CC1CCC(C(C)(C)O)C(O)C1. The molecule has 2 aliphatic carbocycles. The Morgan fingerprint density at radius 3 is 2.04 bits per heavy atom. The Hall–Kier alpha value is -0.160. The molecule has 24 heavy (non-hydrogen) atoms. The molecule has 0 bridgehead atoms. The molecule has 0 aromatic rings. The summed E-state index contributed by atoms with van der Waals surface area (Å²) in [7, 11) is 0. The topological polar surface area (TPSA) is 80.9 Å². The zero-order chi connectivity index (χ0) is 18.7. The number of aliphatic hydroxyl groups excluding tert-OH is 2. The standard InChI is InChI=1S/2C10H20O2/c1-7-4-5-8(9(11)6-7)10(2,3)12;1-7(2)8-4-5-10(3,12)9(11)6-8/h2*7-9,11-12H,4-6H2,1-3H3. The highest BCUT2D eigenvalue weighted by Crippen LogP contribution is 2.36. The highest BCUT2D eigenvalue weighted by molar-refractivity contribution is 4.90. The van der Waals surface area contributed by atoms with Gasteiger partial charge in [-0.1, -0.05) is 27.2 Å². The maximum Gasteiger partial charge on any atom is 0.0877 e. The fourth-order valence-electron chi connectivity index (χ4n) is 4.08. The van der Waals surface area contributed by atoms with Crippen molar-refractivity contribution in [2.75, 3.05) is 0 Å². The molecule has 6 atom stereocenters. The first-order valence-corrected chi connectivity index (χ1v) is 9.65. The van der Waals surface area contributed by atoms with Gasteiger partial charge in [0.05, 0.1) is 23.4 Å². The van der Waals surface area contributed by atoms with E-state index in [0.717, 1.165) is 38.5 Å². The third kappa shape index (κ3) is 6.29. The first kappa shape index (κ1) is 21.9. The molecule has 2 aliphatic rings. The Labute approximate surface area is 148 Å². The molecule has 144 valence electrons. The Bertz CT molecular complexity index is 372. The largest absolute Gasteiger partial charge is 0.393 e. The molecule has 0 saturated heterocycles. The van der Waals surface area contributed by atoms with Gasteiger partial charge in [-0.25, -0.2) is 0 Å². The molecule has 0 aromatic carbocycles. The van der Waals surface area contributed by atoms with E-state index in [0.29, 0.717) is 17.8 Å². The average molecular weight is 345 g/mol. The molecule has 0 spiro atoms. The molecular formula is C20H40O4. The third-order valence-electron chi connectivity index (χ3n) is 6.19. The number of hydrogen-bond acceptors (Lipinski definition) is 4. The fraction of sp³-hybridized carbons (Fsp3) is 1.00. The Balaban J connectivity index is 0.000000240. The first-order chi connectivity index (χ1) is 10.8. The number of rotatable bonds is 2. The molecule has 0 amide bonds. The molecule has 4 nitrogen and oxygen atoms in total. The van der Waals surface area contributed by atoms with Gasteiger partial charge in [-0.15, -0.1) is 0 Å². The molecule has 2 fully saturated rings. The lowest BCUT2D eigenvalue weighted by Gasteiger charge is -2.39. The van der Waals surface area contributed by atoms with Crippen LogP contribution in [0.5, 0.6) is 0 Å². The summed E-state index contributed by atoms with van der Waals surface area (Å²) >= 11 is 0. The van der Waals surface area contributed by atoms with Crippen molar-refractivity contribution in [3.8, 4) is 0 Å². The van der Waals surface area contributed by atoms with Gasteiger partial charge in [0.25, 0.3) is 0 Å². The van der Waals surface area contributed by atoms with Crippen LogP contribution in [0.4, 0.5) is 0 Å². The van der Waals surface area contributed by atoms with E-state index in [9.17, 15) is 20.4 Å². The van der Waals surface area contributed by atoms with Gasteiger partial charge in [-0.2, -0.15) is 0 Å². The van der Waals surface area contributed by atoms with Gasteiger partial charge >= 0.3 is 0 Å². The Morgan fingerprint density at radius 1 is 1.04 bits per heavy atom. The van der Waals surface area contributed by atoms with Crippen LogP contribution < -0.4 is 0 Å². The highest BCUT2D eigenvalue weighted by atomic mass is 16.3. The molecule has 0 aromatic heterocycles. The van der Waals surface area contributed by atoms with Crippen molar-refractivity contribution in [3.63, 3.8) is 0 Å². The molecule has 2 saturated carbocycles. The van der Waals surface area contributed by atoms with E-state index >= 15 is 0 Å². The van der Waals surface area contributed by atoms with E-state index in [1.165, 1.54) is 0 Å². The minimum Gasteiger partial charge on any atom is -0.393 e. The quantitative estimate of drug-likeness (QED) is 0.620. The molecule has 6 unspecified atom stereocenters. The second-order valence-electron chi connectivity index (χ2n) is 9.40. The van der Waals surface area contributed by atoms with E-state index in [1.54, 1.807) is 20.8 Å². The predicted octanol–water partition coefficient (Wildman–Crippen LogP) is 3.11. The summed E-state index contributed by atoms with van der Waals surface area (Å²) in [6.45, 7) is 11.8. The van der Waals surface area contributed by atoms with Gasteiger partial charge in [0, 0.05) is 5.92 Å². The van der Waals surface area contributed by atoms with Crippen LogP contribution in [0.2, 0.25) is 0 Å². The van der Waals surface area contributed by atoms with Gasteiger partial charge in [0.1, 0.15) is 0 Å². The van der Waals surface area contributed by atoms with Crippen molar-refractivity contribution < 1.29 is 20.4 Å². The summed E-state index contributed by atoms with van der Waals surface area (Å²) in [6.07, 6.45) is 4.61. The normalized spacial score (nSPS) is 40.9. The Morgan fingerprint density at radius 2 is 1.62 bits per heavy atom. The van der Waals surface area contributed by atoms with Crippen LogP contribution >= 0.6 is 0 Å². The lowest BCUT2D eigenvalue weighted by molar-refractivity contribution is -0.103. The summed E-state index contributed by atoms with van der Waals surface area (Å²) in [5.74, 6) is 1.88. The van der Waals surface area contributed by atoms with E-state index < -0.39 is 17.3 Å². The van der Waals surface area contributed by atoms with Gasteiger partial charge in [-0.05, 0) is 70.6 Å². The maximum absolute atomic E-state index is 9.74. The molecule has 0 aliphatic heterocycles. The fourth-order valence-corrected chi connectivity index (χ4v) is 4.08. The van der Waals surface area contributed by atoms with Crippen LogP contribution in [-0.2, 0) is 0 Å². The molecule has 0 radical (unpaired) electrons. The van der Waals surface area contributed by atoms with Crippen molar-refractivity contribution in [2.45, 2.75) is 103 Å². The summed E-state index contributed by atoms with van der Waals surface area (Å²) < 4.78 is 0. The van der Waals surface area contributed by atoms with Crippen LogP contribution in [0.15, 0.2) is 0 Å². The zero-order valence-electron chi connectivity index (χ0n) is 16.5. The van der Waals surface area contributed by atoms with Crippen LogP contribution in [0.25, 0.3) is 0 Å². The number of aliphatic hydroxyl groups is 4. The Kier molecular flexibility index (Phi) is 7.73. The van der Waals surface area contributed by atoms with E-state index in [-0.39, 0.29) is 12.0 Å². The van der Waals surface area contributed by atoms with Crippen molar-refractivity contribution in [1.82, 2.24) is 0 Å². The number of hydrogen-bond donors (Lipinski definition) is 4. The molecular weight excluding hydrogens is 304 g/mol. The lowest BCUT2D eigenvalue weighted by atomic mass is 9.73. The minimum atomic E-state index is -0.842. The van der Waals surface area contributed by atoms with E-state index in [2.05, 4.69) is 20.8 Å². The van der Waals surface area contributed by atoms with Gasteiger partial charge in [-0.3, -0.25) is 0 Å². The van der Waals surface area contributed by atoms with Gasteiger partial charge in [0.2, 0.25) is 0 Å². The molecule has 0 heterocycles. The summed E-state index contributed by atoms with van der Waals surface area (Å²) in [5.41, 5.74) is -1.56. The van der Waals surface area contributed by atoms with E-state index in [1.807, 2.05) is 0 Å². The van der Waals surface area contributed by atoms with Crippen LogP contribution in [0.3, 0.4) is 0 Å². The second-order valence-corrected chi connectivity index (χ2v) is 9.40. The summed E-state index contributed by atoms with van der Waals surface area (Å²) in [5, 5.41) is 38.8. The van der Waals surface area contributed by atoms with Crippen molar-refractivity contribution >= 4 is 0 Å². The monoisotopic (exact) mass is 344 g/mol. The lowest BCUT2D eigenvalue weighted by Crippen LogP contribution is -2.45. The summed E-state index contributed by atoms with van der Waals surface area (Å²) in [4.78, 5) is 0. The molecule has 2 rings (SSSR count). The molecule has 4 N–H and O–H groups in total. The van der Waals surface area contributed by atoms with Gasteiger partial charge in [0.15, 0.2) is 0 Å². The van der Waals surface area contributed by atoms with Crippen molar-refractivity contribution in [2.24, 2.45) is 23.7 Å². The predicted molar refractivity (Wildman–Crippen MR) is 97.6 cm³/mol. The zero-order valence-corrected chi connectivity index (χ0v) is 16.5. The maximum atomic E-state index is 9.74. The minimum absolute atomic E-state index is 0.0636. The highest BCUT2D eigenvalue weighted by Gasteiger charge is 2.38. The van der Waals surface area contributed by atoms with Crippen LogP contribution in [0, 0.1) is 23.7 Å². The average Bonchev–Trinajstić information content (AvgIpc) is 2.40. The van der Waals surface area contributed by atoms with Gasteiger partial charge < -0.3 is 20.4 Å².